The molecule has 0 saturated carbocycles. The topological polar surface area (TPSA) is 56.7 Å². The summed E-state index contributed by atoms with van der Waals surface area (Å²) in [6, 6.07) is 0. The Balaban J connectivity index is 2.40. The van der Waals surface area contributed by atoms with Gasteiger partial charge in [-0.3, -0.25) is 9.79 Å². The standard InChI is InChI=1S/C15H30N4O/c1-4-9-17-14(20)6-10-18-15(16-5-2)19-11-7-13(3)8-12-19/h13H,4-12H2,1-3H3,(H,16,18)(H,17,20). The zero-order valence-electron chi connectivity index (χ0n) is 13.2. The molecular weight excluding hydrogens is 252 g/mol. The first kappa shape index (κ1) is 16.8. The molecule has 0 aromatic carbocycles. The quantitative estimate of drug-likeness (QED) is 0.575. The fourth-order valence-corrected chi connectivity index (χ4v) is 2.26. The van der Waals surface area contributed by atoms with Gasteiger partial charge in [0.25, 0.3) is 0 Å². The summed E-state index contributed by atoms with van der Waals surface area (Å²) in [5.41, 5.74) is 0. The van der Waals surface area contributed by atoms with Crippen molar-refractivity contribution >= 4 is 11.9 Å². The normalized spacial score (nSPS) is 17.1. The molecule has 20 heavy (non-hydrogen) atoms. The van der Waals surface area contributed by atoms with Gasteiger partial charge in [0.2, 0.25) is 5.91 Å². The predicted molar refractivity (Wildman–Crippen MR) is 83.9 cm³/mol. The zero-order valence-corrected chi connectivity index (χ0v) is 13.2. The van der Waals surface area contributed by atoms with Crippen molar-refractivity contribution in [3.63, 3.8) is 0 Å². The number of aliphatic imine (C=N–C) groups is 1. The summed E-state index contributed by atoms with van der Waals surface area (Å²) in [6.45, 7) is 10.8. The molecule has 0 aromatic rings. The van der Waals surface area contributed by atoms with E-state index in [2.05, 4.69) is 41.3 Å². The Hall–Kier alpha value is -1.26. The molecule has 1 heterocycles. The minimum atomic E-state index is 0.0960. The van der Waals surface area contributed by atoms with Crippen LogP contribution in [-0.4, -0.2) is 49.5 Å². The van der Waals surface area contributed by atoms with Gasteiger partial charge in [0.05, 0.1) is 6.54 Å². The summed E-state index contributed by atoms with van der Waals surface area (Å²) in [6.07, 6.45) is 3.89. The van der Waals surface area contributed by atoms with Crippen molar-refractivity contribution in [3.8, 4) is 0 Å². The lowest BCUT2D eigenvalue weighted by atomic mass is 10.00. The van der Waals surface area contributed by atoms with Crippen LogP contribution in [-0.2, 0) is 4.79 Å². The zero-order chi connectivity index (χ0) is 14.8. The van der Waals surface area contributed by atoms with Crippen molar-refractivity contribution in [3.05, 3.63) is 0 Å². The first-order chi connectivity index (χ1) is 9.67. The van der Waals surface area contributed by atoms with E-state index in [1.807, 2.05) is 0 Å². The number of hydrogen-bond donors (Lipinski definition) is 2. The molecule has 1 rings (SSSR count). The van der Waals surface area contributed by atoms with Crippen LogP contribution >= 0.6 is 0 Å². The van der Waals surface area contributed by atoms with Gasteiger partial charge in [-0.2, -0.15) is 0 Å². The van der Waals surface area contributed by atoms with Crippen LogP contribution in [0.15, 0.2) is 4.99 Å². The van der Waals surface area contributed by atoms with Crippen molar-refractivity contribution in [2.75, 3.05) is 32.7 Å². The molecule has 116 valence electrons. The molecular formula is C15H30N4O. The van der Waals surface area contributed by atoms with Crippen LogP contribution in [0.3, 0.4) is 0 Å². The maximum absolute atomic E-state index is 11.5. The van der Waals surface area contributed by atoms with Crippen LogP contribution in [0, 0.1) is 5.92 Å². The molecule has 0 radical (unpaired) electrons. The average Bonchev–Trinajstić information content (AvgIpc) is 2.45. The third-order valence-corrected chi connectivity index (χ3v) is 3.59. The van der Waals surface area contributed by atoms with E-state index in [-0.39, 0.29) is 5.91 Å². The van der Waals surface area contributed by atoms with Crippen LogP contribution < -0.4 is 10.6 Å². The molecule has 5 nitrogen and oxygen atoms in total. The second-order valence-corrected chi connectivity index (χ2v) is 5.51. The molecule has 0 aromatic heterocycles. The Morgan fingerprint density at radius 1 is 1.25 bits per heavy atom. The second-order valence-electron chi connectivity index (χ2n) is 5.51. The molecule has 1 aliphatic heterocycles. The molecule has 0 aliphatic carbocycles. The number of nitrogens with one attached hydrogen (secondary N) is 2. The van der Waals surface area contributed by atoms with Gasteiger partial charge in [0.1, 0.15) is 0 Å². The smallest absolute Gasteiger partial charge is 0.221 e. The van der Waals surface area contributed by atoms with Crippen molar-refractivity contribution in [2.45, 2.75) is 46.5 Å². The number of likely N-dealkylation sites (tertiary alicyclic amines) is 1. The Labute approximate surface area is 123 Å². The van der Waals surface area contributed by atoms with Gasteiger partial charge in [-0.15, -0.1) is 0 Å². The lowest BCUT2D eigenvalue weighted by molar-refractivity contribution is -0.120. The van der Waals surface area contributed by atoms with E-state index < -0.39 is 0 Å². The van der Waals surface area contributed by atoms with Gasteiger partial charge in [-0.1, -0.05) is 13.8 Å². The Bertz CT molecular complexity index is 309. The number of hydrogen-bond acceptors (Lipinski definition) is 2. The summed E-state index contributed by atoms with van der Waals surface area (Å²) in [5.74, 6) is 1.87. The van der Waals surface area contributed by atoms with Gasteiger partial charge < -0.3 is 15.5 Å². The minimum absolute atomic E-state index is 0.0960. The molecule has 1 fully saturated rings. The number of piperidine rings is 1. The lowest BCUT2D eigenvalue weighted by Crippen LogP contribution is -2.45. The van der Waals surface area contributed by atoms with Crippen molar-refractivity contribution in [2.24, 2.45) is 10.9 Å². The van der Waals surface area contributed by atoms with E-state index in [0.29, 0.717) is 13.0 Å². The van der Waals surface area contributed by atoms with Crippen LogP contribution in [0.2, 0.25) is 0 Å². The highest BCUT2D eigenvalue weighted by molar-refractivity contribution is 5.81. The first-order valence-corrected chi connectivity index (χ1v) is 7.97. The number of amides is 1. The molecule has 2 N–H and O–H groups in total. The molecule has 0 bridgehead atoms. The highest BCUT2D eigenvalue weighted by Crippen LogP contribution is 2.15. The van der Waals surface area contributed by atoms with Crippen LogP contribution in [0.5, 0.6) is 0 Å². The average molecular weight is 282 g/mol. The molecule has 5 heteroatoms. The van der Waals surface area contributed by atoms with Gasteiger partial charge in [-0.25, -0.2) is 0 Å². The molecule has 1 amide bonds. The fourth-order valence-electron chi connectivity index (χ4n) is 2.26. The number of carbonyl (C=O) groups excluding carboxylic acids is 1. The highest BCUT2D eigenvalue weighted by Gasteiger charge is 2.18. The number of rotatable bonds is 6. The number of guanidine groups is 1. The van der Waals surface area contributed by atoms with E-state index in [4.69, 9.17) is 0 Å². The van der Waals surface area contributed by atoms with Crippen molar-refractivity contribution in [1.82, 2.24) is 15.5 Å². The molecule has 1 saturated heterocycles. The van der Waals surface area contributed by atoms with Crippen LogP contribution in [0.1, 0.15) is 46.5 Å². The van der Waals surface area contributed by atoms with Gasteiger partial charge in [0.15, 0.2) is 5.96 Å². The third-order valence-electron chi connectivity index (χ3n) is 3.59. The third kappa shape index (κ3) is 6.26. The van der Waals surface area contributed by atoms with E-state index in [0.717, 1.165) is 44.5 Å². The monoisotopic (exact) mass is 282 g/mol. The van der Waals surface area contributed by atoms with Gasteiger partial charge in [0, 0.05) is 32.6 Å². The summed E-state index contributed by atoms with van der Waals surface area (Å²) in [5, 5.41) is 6.21. The van der Waals surface area contributed by atoms with E-state index in [9.17, 15) is 4.79 Å². The van der Waals surface area contributed by atoms with Gasteiger partial charge in [-0.05, 0) is 32.1 Å². The second kappa shape index (κ2) is 9.61. The van der Waals surface area contributed by atoms with E-state index >= 15 is 0 Å². The van der Waals surface area contributed by atoms with Crippen LogP contribution in [0.25, 0.3) is 0 Å². The lowest BCUT2D eigenvalue weighted by Gasteiger charge is -2.33. The van der Waals surface area contributed by atoms with Crippen molar-refractivity contribution in [1.29, 1.82) is 0 Å². The maximum atomic E-state index is 11.5. The molecule has 0 spiro atoms. The van der Waals surface area contributed by atoms with E-state index in [1.54, 1.807) is 0 Å². The first-order valence-electron chi connectivity index (χ1n) is 7.97. The summed E-state index contributed by atoms with van der Waals surface area (Å²) < 4.78 is 0. The fraction of sp³-hybridized carbons (Fsp3) is 0.867. The largest absolute Gasteiger partial charge is 0.357 e. The Morgan fingerprint density at radius 2 is 1.95 bits per heavy atom. The summed E-state index contributed by atoms with van der Waals surface area (Å²) in [7, 11) is 0. The summed E-state index contributed by atoms with van der Waals surface area (Å²) >= 11 is 0. The highest BCUT2D eigenvalue weighted by atomic mass is 16.1. The predicted octanol–water partition coefficient (Wildman–Crippen LogP) is 1.60. The SMILES string of the molecule is CCCNC(=O)CCN=C(NCC)N1CCC(C)CC1. The summed E-state index contributed by atoms with van der Waals surface area (Å²) in [4.78, 5) is 18.4. The maximum Gasteiger partial charge on any atom is 0.221 e. The minimum Gasteiger partial charge on any atom is -0.357 e. The number of carbonyl (C=O) groups is 1. The molecule has 0 atom stereocenters. The van der Waals surface area contributed by atoms with Gasteiger partial charge >= 0.3 is 0 Å². The molecule has 0 unspecified atom stereocenters. The van der Waals surface area contributed by atoms with E-state index in [1.165, 1.54) is 12.8 Å². The Kier molecular flexibility index (Phi) is 8.07. The molecule has 1 aliphatic rings. The number of nitrogens with zero attached hydrogens (tertiary/aromatic N) is 2. The van der Waals surface area contributed by atoms with Crippen LogP contribution in [0.4, 0.5) is 0 Å². The van der Waals surface area contributed by atoms with Crippen molar-refractivity contribution < 1.29 is 4.79 Å². The Morgan fingerprint density at radius 3 is 2.55 bits per heavy atom.